The zero-order chi connectivity index (χ0) is 6.53. The van der Waals surface area contributed by atoms with Gasteiger partial charge in [-0.2, -0.15) is 0 Å². The first kappa shape index (κ1) is 6.49. The van der Waals surface area contributed by atoms with E-state index >= 15 is 0 Å². The number of rotatable bonds is 1. The molecule has 1 rings (SSSR count). The summed E-state index contributed by atoms with van der Waals surface area (Å²) in [6.45, 7) is 1.89. The number of hydrogen-bond acceptors (Lipinski definition) is 2. The Balaban J connectivity index is 2.46. The molecule has 1 aliphatic rings. The van der Waals surface area contributed by atoms with Crippen molar-refractivity contribution < 1.29 is 4.79 Å². The van der Waals surface area contributed by atoms with E-state index in [0.29, 0.717) is 0 Å². The SMILES string of the molecule is O=CC1=CCNCCC1. The lowest BCUT2D eigenvalue weighted by Crippen LogP contribution is -2.12. The minimum atomic E-state index is 0.855. The maximum atomic E-state index is 10.2. The van der Waals surface area contributed by atoms with E-state index in [1.54, 1.807) is 0 Å². The van der Waals surface area contributed by atoms with Crippen molar-refractivity contribution in [3.8, 4) is 0 Å². The van der Waals surface area contributed by atoms with Gasteiger partial charge in [0.15, 0.2) is 0 Å². The molecule has 0 unspecified atom stereocenters. The molecule has 0 saturated carbocycles. The summed E-state index contributed by atoms with van der Waals surface area (Å²) in [7, 11) is 0. The van der Waals surface area contributed by atoms with Crippen molar-refractivity contribution >= 4 is 6.29 Å². The number of carbonyl (C=O) groups is 1. The zero-order valence-electron chi connectivity index (χ0n) is 5.39. The number of aldehydes is 1. The molecule has 0 aromatic carbocycles. The van der Waals surface area contributed by atoms with Crippen LogP contribution in [0.4, 0.5) is 0 Å². The van der Waals surface area contributed by atoms with Gasteiger partial charge in [-0.1, -0.05) is 6.08 Å². The van der Waals surface area contributed by atoms with Crippen LogP contribution in [-0.2, 0) is 4.79 Å². The van der Waals surface area contributed by atoms with Crippen LogP contribution in [0.5, 0.6) is 0 Å². The van der Waals surface area contributed by atoms with Crippen LogP contribution in [0.3, 0.4) is 0 Å². The first-order valence-corrected chi connectivity index (χ1v) is 3.28. The maximum Gasteiger partial charge on any atom is 0.145 e. The van der Waals surface area contributed by atoms with Crippen LogP contribution < -0.4 is 5.32 Å². The quantitative estimate of drug-likeness (QED) is 0.517. The highest BCUT2D eigenvalue weighted by atomic mass is 16.1. The van der Waals surface area contributed by atoms with Crippen LogP contribution in [0.2, 0.25) is 0 Å². The zero-order valence-corrected chi connectivity index (χ0v) is 5.39. The minimum absolute atomic E-state index is 0.855. The van der Waals surface area contributed by atoms with Gasteiger partial charge in [-0.3, -0.25) is 4.79 Å². The second-order valence-electron chi connectivity index (χ2n) is 2.20. The molecule has 2 nitrogen and oxygen atoms in total. The largest absolute Gasteiger partial charge is 0.313 e. The molecule has 1 aliphatic heterocycles. The van der Waals surface area contributed by atoms with Gasteiger partial charge in [-0.25, -0.2) is 0 Å². The van der Waals surface area contributed by atoms with Crippen LogP contribution in [0.15, 0.2) is 11.6 Å². The molecule has 0 saturated heterocycles. The van der Waals surface area contributed by atoms with Gasteiger partial charge in [0.2, 0.25) is 0 Å². The van der Waals surface area contributed by atoms with E-state index in [1.807, 2.05) is 6.08 Å². The minimum Gasteiger partial charge on any atom is -0.313 e. The monoisotopic (exact) mass is 125 g/mol. The van der Waals surface area contributed by atoms with Crippen molar-refractivity contribution in [2.45, 2.75) is 12.8 Å². The molecular formula is C7H11NO. The van der Waals surface area contributed by atoms with E-state index in [-0.39, 0.29) is 0 Å². The summed E-state index contributed by atoms with van der Waals surface area (Å²) >= 11 is 0. The summed E-state index contributed by atoms with van der Waals surface area (Å²) in [5, 5.41) is 3.18. The fourth-order valence-corrected chi connectivity index (χ4v) is 0.932. The molecule has 0 aromatic heterocycles. The Morgan fingerprint density at radius 3 is 3.33 bits per heavy atom. The van der Waals surface area contributed by atoms with E-state index in [9.17, 15) is 4.79 Å². The Labute approximate surface area is 54.9 Å². The molecule has 0 bridgehead atoms. The highest BCUT2D eigenvalue weighted by Crippen LogP contribution is 2.02. The lowest BCUT2D eigenvalue weighted by Gasteiger charge is -1.92. The van der Waals surface area contributed by atoms with E-state index in [2.05, 4.69) is 5.32 Å². The van der Waals surface area contributed by atoms with Gasteiger partial charge in [0.05, 0.1) is 0 Å². The van der Waals surface area contributed by atoms with Gasteiger partial charge >= 0.3 is 0 Å². The Kier molecular flexibility index (Phi) is 2.46. The molecule has 0 fully saturated rings. The number of carbonyl (C=O) groups excluding carboxylic acids is 1. The fourth-order valence-electron chi connectivity index (χ4n) is 0.932. The van der Waals surface area contributed by atoms with Crippen molar-refractivity contribution in [3.63, 3.8) is 0 Å². The Bertz CT molecular complexity index is 129. The average molecular weight is 125 g/mol. The topological polar surface area (TPSA) is 29.1 Å². The maximum absolute atomic E-state index is 10.2. The van der Waals surface area contributed by atoms with Gasteiger partial charge in [-0.15, -0.1) is 0 Å². The normalized spacial score (nSPS) is 20.2. The van der Waals surface area contributed by atoms with Crippen molar-refractivity contribution in [2.75, 3.05) is 13.1 Å². The van der Waals surface area contributed by atoms with Crippen molar-refractivity contribution in [3.05, 3.63) is 11.6 Å². The third-order valence-corrected chi connectivity index (χ3v) is 1.48. The standard InChI is InChI=1S/C7H11NO/c9-6-7-2-1-4-8-5-3-7/h3,6,8H,1-2,4-5H2. The van der Waals surface area contributed by atoms with Crippen LogP contribution in [0.25, 0.3) is 0 Å². The average Bonchev–Trinajstić information content (AvgIpc) is 2.13. The summed E-state index contributed by atoms with van der Waals surface area (Å²) in [5.41, 5.74) is 0.944. The molecule has 0 radical (unpaired) electrons. The van der Waals surface area contributed by atoms with Crippen molar-refractivity contribution in [1.29, 1.82) is 0 Å². The van der Waals surface area contributed by atoms with Crippen LogP contribution in [-0.4, -0.2) is 19.4 Å². The highest BCUT2D eigenvalue weighted by Gasteiger charge is 1.98. The molecular weight excluding hydrogens is 114 g/mol. The Morgan fingerprint density at radius 1 is 1.67 bits per heavy atom. The summed E-state index contributed by atoms with van der Waals surface area (Å²) in [5.74, 6) is 0. The lowest BCUT2D eigenvalue weighted by molar-refractivity contribution is -0.105. The Hall–Kier alpha value is -0.630. The van der Waals surface area contributed by atoms with E-state index in [4.69, 9.17) is 0 Å². The van der Waals surface area contributed by atoms with Crippen molar-refractivity contribution in [1.82, 2.24) is 5.32 Å². The van der Waals surface area contributed by atoms with Gasteiger partial charge in [0.1, 0.15) is 6.29 Å². The molecule has 0 aromatic rings. The lowest BCUT2D eigenvalue weighted by atomic mass is 10.2. The molecule has 1 heterocycles. The predicted molar refractivity (Wildman–Crippen MR) is 36.3 cm³/mol. The van der Waals surface area contributed by atoms with Gasteiger partial charge in [0.25, 0.3) is 0 Å². The molecule has 50 valence electrons. The summed E-state index contributed by atoms with van der Waals surface area (Å²) in [6, 6.07) is 0. The molecule has 0 aliphatic carbocycles. The van der Waals surface area contributed by atoms with E-state index in [0.717, 1.165) is 37.8 Å². The summed E-state index contributed by atoms with van der Waals surface area (Å²) in [6.07, 6.45) is 4.94. The fraction of sp³-hybridized carbons (Fsp3) is 0.571. The summed E-state index contributed by atoms with van der Waals surface area (Å²) in [4.78, 5) is 10.2. The molecule has 2 heteroatoms. The number of allylic oxidation sites excluding steroid dienone is 1. The first-order valence-electron chi connectivity index (χ1n) is 3.28. The molecule has 9 heavy (non-hydrogen) atoms. The van der Waals surface area contributed by atoms with Gasteiger partial charge < -0.3 is 5.32 Å². The van der Waals surface area contributed by atoms with Crippen LogP contribution in [0.1, 0.15) is 12.8 Å². The third kappa shape index (κ3) is 1.98. The predicted octanol–water partition coefficient (Wildman–Crippen LogP) is 0.495. The smallest absolute Gasteiger partial charge is 0.145 e. The third-order valence-electron chi connectivity index (χ3n) is 1.48. The highest BCUT2D eigenvalue weighted by molar-refractivity contribution is 5.73. The molecule has 0 amide bonds. The second kappa shape index (κ2) is 3.41. The number of nitrogens with one attached hydrogen (secondary N) is 1. The van der Waals surface area contributed by atoms with Gasteiger partial charge in [0, 0.05) is 6.54 Å². The molecule has 0 spiro atoms. The Morgan fingerprint density at radius 2 is 2.56 bits per heavy atom. The number of hydrogen-bond donors (Lipinski definition) is 1. The van der Waals surface area contributed by atoms with E-state index < -0.39 is 0 Å². The van der Waals surface area contributed by atoms with Crippen LogP contribution >= 0.6 is 0 Å². The van der Waals surface area contributed by atoms with E-state index in [1.165, 1.54) is 0 Å². The first-order chi connectivity index (χ1) is 4.43. The van der Waals surface area contributed by atoms with Crippen LogP contribution in [0, 0.1) is 0 Å². The van der Waals surface area contributed by atoms with Crippen molar-refractivity contribution in [2.24, 2.45) is 0 Å². The molecule has 0 atom stereocenters. The second-order valence-corrected chi connectivity index (χ2v) is 2.20. The summed E-state index contributed by atoms with van der Waals surface area (Å²) < 4.78 is 0. The molecule has 1 N–H and O–H groups in total. The van der Waals surface area contributed by atoms with Gasteiger partial charge in [-0.05, 0) is 25.0 Å².